The number of aryl methyl sites for hydroxylation is 1. The van der Waals surface area contributed by atoms with Crippen LogP contribution in [0.5, 0.6) is 0 Å². The fraction of sp³-hybridized carbons (Fsp3) is 0.100. The Hall–Kier alpha value is -0.750. The molecule has 2 N–H and O–H groups in total. The van der Waals surface area contributed by atoms with E-state index < -0.39 is 0 Å². The molecule has 0 saturated carbocycles. The average molecular weight is 306 g/mol. The molecule has 0 aliphatic rings. The number of rotatable bonds is 2. The number of H-pyrrole nitrogens is 1. The van der Waals surface area contributed by atoms with Crippen molar-refractivity contribution in [3.05, 3.63) is 26.0 Å². The lowest BCUT2D eigenvalue weighted by Crippen LogP contribution is -1.92. The highest BCUT2D eigenvalue weighted by atomic mass is 35.5. The molecule has 3 rings (SSSR count). The standard InChI is InChI=1S/C10H8ClN3S2.ClH/c1-5-2-16-9(11)8(5)14-10-12-6-3-15-4-7(6)13-10;/h2-4H,1H3,(H2,12,13,14);1H. The number of fused-ring (bicyclic) bond motifs is 1. The van der Waals surface area contributed by atoms with E-state index in [4.69, 9.17) is 11.6 Å². The van der Waals surface area contributed by atoms with Crippen LogP contribution in [0.25, 0.3) is 11.0 Å². The number of aromatic nitrogens is 2. The summed E-state index contributed by atoms with van der Waals surface area (Å²) in [6, 6.07) is 0. The number of hydrogen-bond donors (Lipinski definition) is 2. The average Bonchev–Trinajstić information content (AvgIpc) is 2.88. The summed E-state index contributed by atoms with van der Waals surface area (Å²) in [6.07, 6.45) is 0. The summed E-state index contributed by atoms with van der Waals surface area (Å²) in [5.74, 6) is 0.737. The fourth-order valence-corrected chi connectivity index (χ4v) is 3.23. The summed E-state index contributed by atoms with van der Waals surface area (Å²) < 4.78 is 0.761. The van der Waals surface area contributed by atoms with Gasteiger partial charge in [-0.25, -0.2) is 4.98 Å². The van der Waals surface area contributed by atoms with Crippen molar-refractivity contribution in [2.75, 3.05) is 5.32 Å². The second-order valence-corrected chi connectivity index (χ2v) is 5.67. The third-order valence-corrected chi connectivity index (χ3v) is 4.37. The molecule has 3 heterocycles. The number of nitrogens with zero attached hydrogens (tertiary/aromatic N) is 1. The first-order valence-corrected chi connectivity index (χ1v) is 6.86. The first kappa shape index (κ1) is 12.7. The monoisotopic (exact) mass is 305 g/mol. The van der Waals surface area contributed by atoms with E-state index in [1.807, 2.05) is 23.1 Å². The molecule has 17 heavy (non-hydrogen) atoms. The van der Waals surface area contributed by atoms with Crippen molar-refractivity contribution in [3.8, 4) is 0 Å². The number of imidazole rings is 1. The zero-order valence-corrected chi connectivity index (χ0v) is 12.0. The summed E-state index contributed by atoms with van der Waals surface area (Å²) in [4.78, 5) is 7.62. The second-order valence-electron chi connectivity index (χ2n) is 3.45. The number of thiophene rings is 2. The Morgan fingerprint density at radius 2 is 2.18 bits per heavy atom. The highest BCUT2D eigenvalue weighted by Gasteiger charge is 2.09. The van der Waals surface area contributed by atoms with Crippen molar-refractivity contribution in [3.63, 3.8) is 0 Å². The molecule has 3 nitrogen and oxygen atoms in total. The number of aromatic amines is 1. The van der Waals surface area contributed by atoms with Crippen LogP contribution in [0.15, 0.2) is 16.1 Å². The quantitative estimate of drug-likeness (QED) is 0.713. The van der Waals surface area contributed by atoms with Gasteiger partial charge in [-0.05, 0) is 17.9 Å². The van der Waals surface area contributed by atoms with Crippen LogP contribution < -0.4 is 5.32 Å². The first-order valence-electron chi connectivity index (χ1n) is 4.66. The minimum Gasteiger partial charge on any atom is -0.324 e. The van der Waals surface area contributed by atoms with E-state index in [0.717, 1.165) is 32.6 Å². The van der Waals surface area contributed by atoms with E-state index in [9.17, 15) is 0 Å². The number of hydrogen-bond acceptors (Lipinski definition) is 4. The van der Waals surface area contributed by atoms with Crippen molar-refractivity contribution in [2.45, 2.75) is 6.92 Å². The molecule has 0 fully saturated rings. The van der Waals surface area contributed by atoms with Crippen LogP contribution >= 0.6 is 46.7 Å². The molecule has 0 radical (unpaired) electrons. The van der Waals surface area contributed by atoms with Gasteiger partial charge >= 0.3 is 0 Å². The van der Waals surface area contributed by atoms with Gasteiger partial charge in [-0.15, -0.1) is 35.1 Å². The van der Waals surface area contributed by atoms with Crippen LogP contribution in [0.1, 0.15) is 5.56 Å². The van der Waals surface area contributed by atoms with Crippen LogP contribution in [0.3, 0.4) is 0 Å². The maximum Gasteiger partial charge on any atom is 0.205 e. The van der Waals surface area contributed by atoms with Crippen molar-refractivity contribution in [2.24, 2.45) is 0 Å². The van der Waals surface area contributed by atoms with Gasteiger partial charge in [-0.2, -0.15) is 0 Å². The summed E-state index contributed by atoms with van der Waals surface area (Å²) in [5.41, 5.74) is 4.11. The third-order valence-electron chi connectivity index (χ3n) is 2.30. The Kier molecular flexibility index (Phi) is 3.63. The molecule has 0 bridgehead atoms. The Balaban J connectivity index is 0.00000108. The predicted octanol–water partition coefficient (Wildman–Crippen LogP) is 4.81. The van der Waals surface area contributed by atoms with Crippen LogP contribution in [-0.4, -0.2) is 9.97 Å². The molecule has 3 aromatic rings. The number of nitrogens with one attached hydrogen (secondary N) is 2. The van der Waals surface area contributed by atoms with Gasteiger partial charge < -0.3 is 10.3 Å². The first-order chi connectivity index (χ1) is 7.74. The van der Waals surface area contributed by atoms with Crippen molar-refractivity contribution in [1.82, 2.24) is 9.97 Å². The van der Waals surface area contributed by atoms with E-state index in [0.29, 0.717) is 0 Å². The molecule has 0 spiro atoms. The SMILES string of the molecule is Cc1csc(Cl)c1Nc1nc2cscc2[nH]1.Cl. The van der Waals surface area contributed by atoms with Gasteiger partial charge in [-0.3, -0.25) is 0 Å². The van der Waals surface area contributed by atoms with Gasteiger partial charge in [0.1, 0.15) is 9.85 Å². The minimum atomic E-state index is 0. The lowest BCUT2D eigenvalue weighted by Gasteiger charge is -2.01. The van der Waals surface area contributed by atoms with Crippen molar-refractivity contribution >= 4 is 69.4 Å². The topological polar surface area (TPSA) is 40.7 Å². The highest BCUT2D eigenvalue weighted by molar-refractivity contribution is 7.15. The van der Waals surface area contributed by atoms with Gasteiger partial charge in [0, 0.05) is 10.8 Å². The molecule has 0 amide bonds. The fourth-order valence-electron chi connectivity index (χ4n) is 1.48. The Morgan fingerprint density at radius 1 is 1.35 bits per heavy atom. The maximum absolute atomic E-state index is 6.08. The molecular formula is C10H9Cl2N3S2. The van der Waals surface area contributed by atoms with Crippen molar-refractivity contribution in [1.29, 1.82) is 0 Å². The molecule has 0 aliphatic carbocycles. The Morgan fingerprint density at radius 3 is 2.82 bits per heavy atom. The summed E-state index contributed by atoms with van der Waals surface area (Å²) in [7, 11) is 0. The largest absolute Gasteiger partial charge is 0.324 e. The number of anilines is 2. The van der Waals surface area contributed by atoms with E-state index in [1.165, 1.54) is 11.3 Å². The van der Waals surface area contributed by atoms with E-state index in [2.05, 4.69) is 15.3 Å². The van der Waals surface area contributed by atoms with Gasteiger partial charge in [0.15, 0.2) is 0 Å². The van der Waals surface area contributed by atoms with E-state index in [1.54, 1.807) is 11.3 Å². The van der Waals surface area contributed by atoms with Gasteiger partial charge in [-0.1, -0.05) is 11.6 Å². The molecule has 0 unspecified atom stereocenters. The predicted molar refractivity (Wildman–Crippen MR) is 78.6 cm³/mol. The smallest absolute Gasteiger partial charge is 0.205 e. The van der Waals surface area contributed by atoms with Gasteiger partial charge in [0.25, 0.3) is 0 Å². The summed E-state index contributed by atoms with van der Waals surface area (Å²) in [6.45, 7) is 2.02. The van der Waals surface area contributed by atoms with Gasteiger partial charge in [0.2, 0.25) is 5.95 Å². The Labute approximate surface area is 117 Å². The lowest BCUT2D eigenvalue weighted by molar-refractivity contribution is 1.30. The Bertz CT molecular complexity index is 593. The third kappa shape index (κ3) is 2.28. The highest BCUT2D eigenvalue weighted by Crippen LogP contribution is 2.34. The van der Waals surface area contributed by atoms with Crippen molar-refractivity contribution < 1.29 is 0 Å². The second kappa shape index (κ2) is 4.86. The van der Waals surface area contributed by atoms with Crippen LogP contribution in [0.2, 0.25) is 4.34 Å². The molecule has 0 aliphatic heterocycles. The molecule has 90 valence electrons. The van der Waals surface area contributed by atoms with Gasteiger partial charge in [0.05, 0.1) is 11.2 Å². The van der Waals surface area contributed by atoms with Crippen LogP contribution in [0, 0.1) is 6.92 Å². The maximum atomic E-state index is 6.08. The zero-order chi connectivity index (χ0) is 11.1. The van der Waals surface area contributed by atoms with Crippen LogP contribution in [0.4, 0.5) is 11.6 Å². The molecule has 0 atom stereocenters. The van der Waals surface area contributed by atoms with Crippen LogP contribution in [-0.2, 0) is 0 Å². The molecule has 7 heteroatoms. The molecule has 0 aromatic carbocycles. The number of halogens is 2. The summed E-state index contributed by atoms with van der Waals surface area (Å²) in [5, 5.41) is 9.29. The molecule has 3 aromatic heterocycles. The minimum absolute atomic E-state index is 0. The summed E-state index contributed by atoms with van der Waals surface area (Å²) >= 11 is 9.24. The molecular weight excluding hydrogens is 297 g/mol. The zero-order valence-electron chi connectivity index (χ0n) is 8.78. The molecule has 0 saturated heterocycles. The lowest BCUT2D eigenvalue weighted by atomic mass is 10.3. The van der Waals surface area contributed by atoms with E-state index >= 15 is 0 Å². The normalized spacial score (nSPS) is 10.5. The van der Waals surface area contributed by atoms with E-state index in [-0.39, 0.29) is 12.4 Å².